The molecular weight excluding hydrogens is 227 g/mol. The summed E-state index contributed by atoms with van der Waals surface area (Å²) < 4.78 is 0.567. The van der Waals surface area contributed by atoms with Gasteiger partial charge in [0, 0.05) is 15.9 Å². The summed E-state index contributed by atoms with van der Waals surface area (Å²) in [4.78, 5) is 4.11. The van der Waals surface area contributed by atoms with Gasteiger partial charge in [0.05, 0.1) is 6.54 Å². The molecule has 9 heavy (non-hydrogen) atoms. The molecule has 1 N–H and O–H groups in total. The fourth-order valence-corrected chi connectivity index (χ4v) is 0.512. The van der Waals surface area contributed by atoms with Gasteiger partial charge in [-0.1, -0.05) is 29.5 Å². The molecule has 0 radical (unpaired) electrons. The van der Waals surface area contributed by atoms with Crippen molar-refractivity contribution >= 4 is 34.5 Å². The van der Waals surface area contributed by atoms with Crippen molar-refractivity contribution in [3.8, 4) is 0 Å². The highest BCUT2D eigenvalue weighted by molar-refractivity contribution is 14.1. The summed E-state index contributed by atoms with van der Waals surface area (Å²) in [6.45, 7) is 4.76. The molecule has 1 unspecified atom stereocenters. The number of nitrogens with one attached hydrogen (secondary N) is 1. The van der Waals surface area contributed by atoms with Gasteiger partial charge in [0.2, 0.25) is 0 Å². The molecule has 3 heteroatoms. The third-order valence-corrected chi connectivity index (χ3v) is 1.20. The minimum atomic E-state index is 0.567. The van der Waals surface area contributed by atoms with Crippen molar-refractivity contribution in [2.45, 2.75) is 17.8 Å². The van der Waals surface area contributed by atoms with Crippen LogP contribution >= 0.6 is 22.6 Å². The van der Waals surface area contributed by atoms with Gasteiger partial charge in [-0.15, -0.1) is 0 Å². The van der Waals surface area contributed by atoms with Crippen molar-refractivity contribution in [1.29, 1.82) is 5.41 Å². The van der Waals surface area contributed by atoms with Crippen LogP contribution in [0.2, 0.25) is 0 Å². The molecule has 0 aliphatic carbocycles. The Balaban J connectivity index is 3.56. The number of hydrogen-bond donors (Lipinski definition) is 1. The van der Waals surface area contributed by atoms with E-state index >= 15 is 0 Å². The van der Waals surface area contributed by atoms with Gasteiger partial charge >= 0.3 is 0 Å². The average Bonchev–Trinajstić information content (AvgIpc) is 1.83. The largest absolute Gasteiger partial charge is 0.307 e. The summed E-state index contributed by atoms with van der Waals surface area (Å²) in [5.41, 5.74) is 0.804. The number of hydrogen-bond acceptors (Lipinski definition) is 2. The summed E-state index contributed by atoms with van der Waals surface area (Å²) in [7, 11) is 0. The fraction of sp³-hybridized carbons (Fsp3) is 0.667. The van der Waals surface area contributed by atoms with Gasteiger partial charge in [-0.25, -0.2) is 0 Å². The summed E-state index contributed by atoms with van der Waals surface area (Å²) in [5.74, 6) is 0. The SMILES string of the molecule is CC(C=N)=NCC(C)I. The lowest BCUT2D eigenvalue weighted by Gasteiger charge is -1.95. The van der Waals surface area contributed by atoms with E-state index in [0.717, 1.165) is 12.3 Å². The highest BCUT2D eigenvalue weighted by Gasteiger charge is 1.90. The van der Waals surface area contributed by atoms with E-state index in [9.17, 15) is 0 Å². The van der Waals surface area contributed by atoms with Crippen LogP contribution in [0.5, 0.6) is 0 Å². The summed E-state index contributed by atoms with van der Waals surface area (Å²) >= 11 is 2.31. The van der Waals surface area contributed by atoms with E-state index in [0.29, 0.717) is 3.92 Å². The lowest BCUT2D eigenvalue weighted by atomic mass is 10.4. The molecule has 0 bridgehead atoms. The molecule has 0 aliphatic heterocycles. The van der Waals surface area contributed by atoms with Crippen molar-refractivity contribution in [3.63, 3.8) is 0 Å². The minimum absolute atomic E-state index is 0.567. The normalized spacial score (nSPS) is 15.2. The van der Waals surface area contributed by atoms with Crippen molar-refractivity contribution in [2.75, 3.05) is 6.54 Å². The summed E-state index contributed by atoms with van der Waals surface area (Å²) in [6, 6.07) is 0. The van der Waals surface area contributed by atoms with Crippen LogP contribution in [0, 0.1) is 5.41 Å². The third-order valence-electron chi connectivity index (χ3n) is 0.801. The van der Waals surface area contributed by atoms with Gasteiger partial charge in [-0.05, 0) is 6.92 Å². The molecule has 0 aromatic rings. The van der Waals surface area contributed by atoms with Crippen molar-refractivity contribution in [1.82, 2.24) is 0 Å². The van der Waals surface area contributed by atoms with Crippen LogP contribution in [0.25, 0.3) is 0 Å². The Kier molecular flexibility index (Phi) is 4.94. The zero-order chi connectivity index (χ0) is 7.28. The Hall–Kier alpha value is 0.0700. The van der Waals surface area contributed by atoms with E-state index in [1.807, 2.05) is 6.92 Å². The molecule has 0 aromatic carbocycles. The second kappa shape index (κ2) is 4.90. The fourth-order valence-electron chi connectivity index (χ4n) is 0.315. The van der Waals surface area contributed by atoms with Crippen molar-refractivity contribution in [2.24, 2.45) is 4.99 Å². The maximum Gasteiger partial charge on any atom is 0.0508 e. The molecule has 0 saturated carbocycles. The van der Waals surface area contributed by atoms with Crippen molar-refractivity contribution in [3.05, 3.63) is 0 Å². The number of nitrogens with zero attached hydrogens (tertiary/aromatic N) is 1. The second-order valence-electron chi connectivity index (χ2n) is 1.91. The lowest BCUT2D eigenvalue weighted by Crippen LogP contribution is -1.99. The summed E-state index contributed by atoms with van der Waals surface area (Å²) in [5, 5.41) is 6.79. The maximum absolute atomic E-state index is 6.79. The maximum atomic E-state index is 6.79. The monoisotopic (exact) mass is 238 g/mol. The molecule has 0 aromatic heterocycles. The minimum Gasteiger partial charge on any atom is -0.307 e. The lowest BCUT2D eigenvalue weighted by molar-refractivity contribution is 0.985. The third kappa shape index (κ3) is 5.95. The molecule has 2 nitrogen and oxygen atoms in total. The van der Waals surface area contributed by atoms with Gasteiger partial charge in [0.25, 0.3) is 0 Å². The van der Waals surface area contributed by atoms with E-state index < -0.39 is 0 Å². The molecule has 0 saturated heterocycles. The average molecular weight is 238 g/mol. The van der Waals surface area contributed by atoms with Gasteiger partial charge in [0.1, 0.15) is 0 Å². The van der Waals surface area contributed by atoms with E-state index in [1.54, 1.807) is 0 Å². The molecule has 52 valence electrons. The molecule has 1 atom stereocenters. The van der Waals surface area contributed by atoms with Crippen molar-refractivity contribution < 1.29 is 0 Å². The first-order valence-electron chi connectivity index (χ1n) is 2.82. The van der Waals surface area contributed by atoms with E-state index in [4.69, 9.17) is 5.41 Å². The van der Waals surface area contributed by atoms with E-state index in [-0.39, 0.29) is 0 Å². The molecule has 0 spiro atoms. The number of halogens is 1. The smallest absolute Gasteiger partial charge is 0.0508 e. The molecule has 0 rings (SSSR count). The van der Waals surface area contributed by atoms with Gasteiger partial charge in [0.15, 0.2) is 0 Å². The van der Waals surface area contributed by atoms with Crippen LogP contribution < -0.4 is 0 Å². The highest BCUT2D eigenvalue weighted by atomic mass is 127. The quantitative estimate of drug-likeness (QED) is 0.443. The number of rotatable bonds is 3. The first-order chi connectivity index (χ1) is 4.16. The van der Waals surface area contributed by atoms with Crippen LogP contribution in [-0.4, -0.2) is 22.4 Å². The number of alkyl halides is 1. The highest BCUT2D eigenvalue weighted by Crippen LogP contribution is 1.97. The Morgan fingerprint density at radius 2 is 2.44 bits per heavy atom. The zero-order valence-electron chi connectivity index (χ0n) is 5.69. The van der Waals surface area contributed by atoms with Crippen LogP contribution in [0.15, 0.2) is 4.99 Å². The predicted molar refractivity (Wildman–Crippen MR) is 50.2 cm³/mol. The van der Waals surface area contributed by atoms with Gasteiger partial charge < -0.3 is 5.41 Å². The van der Waals surface area contributed by atoms with Crippen LogP contribution in [0.1, 0.15) is 13.8 Å². The van der Waals surface area contributed by atoms with Gasteiger partial charge in [-0.2, -0.15) is 0 Å². The first kappa shape index (κ1) is 9.07. The Labute approximate surface area is 69.4 Å². The molecule has 0 amide bonds. The van der Waals surface area contributed by atoms with E-state index in [1.165, 1.54) is 6.21 Å². The van der Waals surface area contributed by atoms with Gasteiger partial charge in [-0.3, -0.25) is 4.99 Å². The molecule has 0 aliphatic rings. The van der Waals surface area contributed by atoms with Crippen LogP contribution in [0.4, 0.5) is 0 Å². The van der Waals surface area contributed by atoms with Crippen LogP contribution in [-0.2, 0) is 0 Å². The first-order valence-corrected chi connectivity index (χ1v) is 4.07. The Bertz CT molecular complexity index is 118. The topological polar surface area (TPSA) is 36.2 Å². The Morgan fingerprint density at radius 3 is 2.78 bits per heavy atom. The standard InChI is InChI=1S/C6H11IN2/c1-5(7)4-9-6(2)3-8/h3,5,8H,4H2,1-2H3. The summed E-state index contributed by atoms with van der Waals surface area (Å²) in [6.07, 6.45) is 1.28. The zero-order valence-corrected chi connectivity index (χ0v) is 7.84. The predicted octanol–water partition coefficient (Wildman–Crippen LogP) is 1.92. The van der Waals surface area contributed by atoms with E-state index in [2.05, 4.69) is 34.5 Å². The van der Waals surface area contributed by atoms with Crippen LogP contribution in [0.3, 0.4) is 0 Å². The number of aliphatic imine (C=N–C) groups is 1. The molecule has 0 fully saturated rings. The molecular formula is C6H11IN2. The Morgan fingerprint density at radius 1 is 1.89 bits per heavy atom. The second-order valence-corrected chi connectivity index (χ2v) is 4.03. The molecule has 0 heterocycles.